The van der Waals surface area contributed by atoms with Gasteiger partial charge < -0.3 is 18.8 Å². The minimum atomic E-state index is -3.58. The Morgan fingerprint density at radius 2 is 1.84 bits per heavy atom. The van der Waals surface area contributed by atoms with Crippen molar-refractivity contribution in [3.8, 4) is 0 Å². The number of nitrogens with one attached hydrogen (secondary N) is 1. The molecule has 6 nitrogen and oxygen atoms in total. The Hall–Kier alpha value is -2.14. The van der Waals surface area contributed by atoms with Crippen LogP contribution in [0.1, 0.15) is 31.0 Å². The zero-order chi connectivity index (χ0) is 18.1. The Morgan fingerprint density at radius 1 is 1.16 bits per heavy atom. The number of carbonyl (C=O) groups excluding carboxylic acids is 1. The summed E-state index contributed by atoms with van der Waals surface area (Å²) < 4.78 is 29.2. The van der Waals surface area contributed by atoms with E-state index in [2.05, 4.69) is 5.32 Å². The Balaban J connectivity index is 2.25. The third-order valence-corrected chi connectivity index (χ3v) is 5.57. The fraction of sp³-hybridized carbons (Fsp3) is 0.278. The summed E-state index contributed by atoms with van der Waals surface area (Å²) in [5.41, 5.74) is 0.646. The monoisotopic (exact) mass is 363 g/mol. The lowest BCUT2D eigenvalue weighted by Gasteiger charge is -2.27. The maximum absolute atomic E-state index is 13.2. The second-order valence-electron chi connectivity index (χ2n) is 5.05. The van der Waals surface area contributed by atoms with Crippen LogP contribution in [0.15, 0.2) is 59.2 Å². The minimum Gasteiger partial charge on any atom is -0.465 e. The largest absolute Gasteiger partial charge is 0.465 e. The van der Waals surface area contributed by atoms with Crippen molar-refractivity contribution in [2.24, 2.45) is 0 Å². The first-order valence-electron chi connectivity index (χ1n) is 8.05. The average Bonchev–Trinajstić information content (AvgIpc) is 3.12. The molecule has 0 aliphatic heterocycles. The number of rotatable bonds is 9. The maximum Gasteiger partial charge on any atom is 0.357 e. The van der Waals surface area contributed by atoms with Crippen LogP contribution in [0.5, 0.6) is 0 Å². The van der Waals surface area contributed by atoms with E-state index in [0.717, 1.165) is 0 Å². The van der Waals surface area contributed by atoms with Crippen molar-refractivity contribution >= 4 is 19.6 Å². The molecule has 0 aliphatic carbocycles. The van der Waals surface area contributed by atoms with Gasteiger partial charge in [-0.2, -0.15) is 0 Å². The highest BCUT2D eigenvalue weighted by Crippen LogP contribution is 2.59. The van der Waals surface area contributed by atoms with Gasteiger partial charge >= 0.3 is 7.60 Å². The van der Waals surface area contributed by atoms with E-state index in [-0.39, 0.29) is 13.2 Å². The van der Waals surface area contributed by atoms with Crippen molar-refractivity contribution in [3.05, 3.63) is 66.1 Å². The summed E-state index contributed by atoms with van der Waals surface area (Å²) in [4.78, 5) is 12.3. The molecule has 2 aromatic rings. The molecule has 0 saturated heterocycles. The van der Waals surface area contributed by atoms with Crippen molar-refractivity contribution in [1.29, 1.82) is 0 Å². The van der Waals surface area contributed by atoms with Gasteiger partial charge in [0.2, 0.25) is 5.91 Å². The molecular weight excluding hydrogens is 341 g/mol. The molecular formula is C18H22NO5P. The molecule has 1 heterocycles. The zero-order valence-corrected chi connectivity index (χ0v) is 15.1. The number of carbonyl (C=O) groups is 1. The second-order valence-corrected chi connectivity index (χ2v) is 7.16. The number of hydrogen-bond acceptors (Lipinski definition) is 5. The molecule has 1 aromatic carbocycles. The molecule has 1 amide bonds. The second kappa shape index (κ2) is 9.37. The summed E-state index contributed by atoms with van der Waals surface area (Å²) in [5.74, 6) is -0.781. The predicted molar refractivity (Wildman–Crippen MR) is 95.9 cm³/mol. The van der Waals surface area contributed by atoms with Crippen molar-refractivity contribution < 1.29 is 22.8 Å². The van der Waals surface area contributed by atoms with Gasteiger partial charge in [-0.15, -0.1) is 0 Å². The molecule has 0 spiro atoms. The van der Waals surface area contributed by atoms with Crippen molar-refractivity contribution in [2.75, 3.05) is 13.2 Å². The zero-order valence-electron chi connectivity index (χ0n) is 14.3. The summed E-state index contributed by atoms with van der Waals surface area (Å²) >= 11 is 0. The van der Waals surface area contributed by atoms with Gasteiger partial charge in [-0.1, -0.05) is 30.3 Å². The van der Waals surface area contributed by atoms with E-state index in [4.69, 9.17) is 13.5 Å². The predicted octanol–water partition coefficient (Wildman–Crippen LogP) is 4.37. The Kier molecular flexibility index (Phi) is 7.19. The highest BCUT2D eigenvalue weighted by atomic mass is 31.2. The van der Waals surface area contributed by atoms with Crippen LogP contribution >= 0.6 is 7.60 Å². The van der Waals surface area contributed by atoms with Gasteiger partial charge in [0.1, 0.15) is 5.76 Å². The first kappa shape index (κ1) is 19.2. The molecule has 1 atom stereocenters. The van der Waals surface area contributed by atoms with Crippen molar-refractivity contribution in [2.45, 2.75) is 19.6 Å². The molecule has 0 bridgehead atoms. The van der Waals surface area contributed by atoms with Crippen LogP contribution in [0.25, 0.3) is 6.08 Å². The number of hydrogen-bond donors (Lipinski definition) is 1. The van der Waals surface area contributed by atoms with Crippen molar-refractivity contribution in [3.63, 3.8) is 0 Å². The molecule has 0 radical (unpaired) electrons. The Bertz CT molecular complexity index is 717. The molecule has 0 saturated carbocycles. The van der Waals surface area contributed by atoms with Crippen LogP contribution in [-0.4, -0.2) is 19.1 Å². The van der Waals surface area contributed by atoms with Crippen LogP contribution in [0.2, 0.25) is 0 Å². The summed E-state index contributed by atoms with van der Waals surface area (Å²) in [6.45, 7) is 3.87. The minimum absolute atomic E-state index is 0.207. The van der Waals surface area contributed by atoms with E-state index in [0.29, 0.717) is 11.3 Å². The third kappa shape index (κ3) is 5.43. The van der Waals surface area contributed by atoms with Gasteiger partial charge in [0.05, 0.1) is 19.5 Å². The third-order valence-electron chi connectivity index (χ3n) is 3.27. The van der Waals surface area contributed by atoms with Gasteiger partial charge in [-0.05, 0) is 37.6 Å². The quantitative estimate of drug-likeness (QED) is 0.529. The fourth-order valence-corrected chi connectivity index (χ4v) is 4.17. The molecule has 1 unspecified atom stereocenters. The molecule has 1 aromatic heterocycles. The Morgan fingerprint density at radius 3 is 2.40 bits per heavy atom. The number of furan rings is 1. The van der Waals surface area contributed by atoms with E-state index in [9.17, 15) is 9.36 Å². The van der Waals surface area contributed by atoms with Gasteiger partial charge in [-0.25, -0.2) is 0 Å². The SMILES string of the molecule is CCOP(=O)(OCC)C(NC(=O)/C=C\c1ccco1)c1ccccc1. The first-order valence-corrected chi connectivity index (χ1v) is 9.66. The lowest BCUT2D eigenvalue weighted by atomic mass is 10.2. The van der Waals surface area contributed by atoms with Crippen LogP contribution in [0, 0.1) is 0 Å². The van der Waals surface area contributed by atoms with Gasteiger partial charge in [0.25, 0.3) is 0 Å². The van der Waals surface area contributed by atoms with E-state index >= 15 is 0 Å². The molecule has 134 valence electrons. The lowest BCUT2D eigenvalue weighted by Crippen LogP contribution is -2.28. The first-order chi connectivity index (χ1) is 12.1. The van der Waals surface area contributed by atoms with E-state index in [1.165, 1.54) is 18.4 Å². The summed E-state index contributed by atoms with van der Waals surface area (Å²) in [7, 11) is -3.58. The van der Waals surface area contributed by atoms with Crippen LogP contribution in [0.4, 0.5) is 0 Å². The normalized spacial score (nSPS) is 13.0. The number of amides is 1. The highest BCUT2D eigenvalue weighted by molar-refractivity contribution is 7.54. The van der Waals surface area contributed by atoms with Crippen LogP contribution in [-0.2, 0) is 18.4 Å². The van der Waals surface area contributed by atoms with Crippen LogP contribution < -0.4 is 5.32 Å². The standard InChI is InChI=1S/C18H22NO5P/c1-3-23-25(21,24-4-2)18(15-9-6-5-7-10-15)19-17(20)13-12-16-11-8-14-22-16/h5-14,18H,3-4H2,1-2H3,(H,19,20)/b13-12-. The van der Waals surface area contributed by atoms with Gasteiger partial charge in [0.15, 0.2) is 5.78 Å². The smallest absolute Gasteiger partial charge is 0.357 e. The molecule has 2 rings (SSSR count). The van der Waals surface area contributed by atoms with Gasteiger partial charge in [0, 0.05) is 6.08 Å². The maximum atomic E-state index is 13.2. The lowest BCUT2D eigenvalue weighted by molar-refractivity contribution is -0.116. The summed E-state index contributed by atoms with van der Waals surface area (Å²) in [5, 5.41) is 2.73. The molecule has 0 aliphatic rings. The van der Waals surface area contributed by atoms with E-state index in [1.54, 1.807) is 50.2 Å². The summed E-state index contributed by atoms with van der Waals surface area (Å²) in [6, 6.07) is 12.4. The summed E-state index contributed by atoms with van der Waals surface area (Å²) in [6.07, 6.45) is 4.36. The number of benzene rings is 1. The highest BCUT2D eigenvalue weighted by Gasteiger charge is 2.37. The topological polar surface area (TPSA) is 77.8 Å². The van der Waals surface area contributed by atoms with Crippen molar-refractivity contribution in [1.82, 2.24) is 5.32 Å². The van der Waals surface area contributed by atoms with E-state index < -0.39 is 19.3 Å². The molecule has 0 fully saturated rings. The fourth-order valence-electron chi connectivity index (χ4n) is 2.25. The molecule has 25 heavy (non-hydrogen) atoms. The average molecular weight is 363 g/mol. The Labute approximate surface area is 147 Å². The molecule has 1 N–H and O–H groups in total. The van der Waals surface area contributed by atoms with Gasteiger partial charge in [-0.3, -0.25) is 9.36 Å². The van der Waals surface area contributed by atoms with Crippen LogP contribution in [0.3, 0.4) is 0 Å². The van der Waals surface area contributed by atoms with E-state index in [1.807, 2.05) is 6.07 Å². The molecule has 7 heteroatoms.